The van der Waals surface area contributed by atoms with Crippen molar-refractivity contribution in [3.63, 3.8) is 0 Å². The quantitative estimate of drug-likeness (QED) is 0.898. The van der Waals surface area contributed by atoms with Crippen molar-refractivity contribution in [3.8, 4) is 0 Å². The fraction of sp³-hybridized carbons (Fsp3) is 0.615. The standard InChI is InChI=1S/C13H21N3.ClH/c1-11-5-6-13(15-8-11)16(2)10-12-4-3-7-14-9-12;/h5-6,8,12,14H,3-4,7,9-10H2,1-2H3;1H. The van der Waals surface area contributed by atoms with Crippen LogP contribution in [0.1, 0.15) is 18.4 Å². The van der Waals surface area contributed by atoms with Gasteiger partial charge in [-0.25, -0.2) is 4.98 Å². The van der Waals surface area contributed by atoms with Gasteiger partial charge in [-0.3, -0.25) is 0 Å². The second kappa shape index (κ2) is 6.82. The summed E-state index contributed by atoms with van der Waals surface area (Å²) in [6.07, 6.45) is 4.58. The lowest BCUT2D eigenvalue weighted by Crippen LogP contribution is -2.37. The van der Waals surface area contributed by atoms with Crippen LogP contribution in [-0.4, -0.2) is 31.7 Å². The molecule has 0 bridgehead atoms. The van der Waals surface area contributed by atoms with Crippen molar-refractivity contribution in [2.24, 2.45) is 5.92 Å². The minimum atomic E-state index is 0. The van der Waals surface area contributed by atoms with Crippen LogP contribution in [0.3, 0.4) is 0 Å². The molecular formula is C13H22ClN3. The van der Waals surface area contributed by atoms with E-state index in [0.29, 0.717) is 0 Å². The predicted molar refractivity (Wildman–Crippen MR) is 75.1 cm³/mol. The molecule has 0 amide bonds. The predicted octanol–water partition coefficient (Wildman–Crippen LogP) is 2.25. The summed E-state index contributed by atoms with van der Waals surface area (Å²) in [7, 11) is 2.13. The molecule has 0 aliphatic carbocycles. The van der Waals surface area contributed by atoms with Gasteiger partial charge in [0.1, 0.15) is 5.82 Å². The number of piperidine rings is 1. The Morgan fingerprint density at radius 2 is 2.29 bits per heavy atom. The molecule has 1 fully saturated rings. The van der Waals surface area contributed by atoms with Crippen molar-refractivity contribution >= 4 is 18.2 Å². The van der Waals surface area contributed by atoms with Gasteiger partial charge in [0.25, 0.3) is 0 Å². The maximum absolute atomic E-state index is 4.45. The highest BCUT2D eigenvalue weighted by molar-refractivity contribution is 5.85. The van der Waals surface area contributed by atoms with E-state index in [2.05, 4.69) is 41.3 Å². The monoisotopic (exact) mass is 255 g/mol. The first-order chi connectivity index (χ1) is 7.75. The summed E-state index contributed by atoms with van der Waals surface area (Å²) >= 11 is 0. The molecular weight excluding hydrogens is 234 g/mol. The first-order valence-electron chi connectivity index (χ1n) is 6.10. The molecule has 1 aliphatic rings. The van der Waals surface area contributed by atoms with Gasteiger partial charge in [0.05, 0.1) is 0 Å². The summed E-state index contributed by atoms with van der Waals surface area (Å²) in [5.41, 5.74) is 1.22. The molecule has 1 aliphatic heterocycles. The molecule has 1 atom stereocenters. The van der Waals surface area contributed by atoms with Crippen LogP contribution in [0.15, 0.2) is 18.3 Å². The summed E-state index contributed by atoms with van der Waals surface area (Å²) < 4.78 is 0. The maximum Gasteiger partial charge on any atom is 0.128 e. The van der Waals surface area contributed by atoms with Gasteiger partial charge in [0, 0.05) is 19.8 Å². The molecule has 0 aromatic carbocycles. The Kier molecular flexibility index (Phi) is 5.72. The second-order valence-electron chi connectivity index (χ2n) is 4.79. The Balaban J connectivity index is 0.00000144. The molecule has 1 aromatic rings. The summed E-state index contributed by atoms with van der Waals surface area (Å²) in [6, 6.07) is 4.23. The van der Waals surface area contributed by atoms with E-state index in [1.165, 1.54) is 24.9 Å². The largest absolute Gasteiger partial charge is 0.359 e. The molecule has 4 heteroatoms. The zero-order valence-corrected chi connectivity index (χ0v) is 11.5. The smallest absolute Gasteiger partial charge is 0.128 e. The summed E-state index contributed by atoms with van der Waals surface area (Å²) in [4.78, 5) is 6.71. The topological polar surface area (TPSA) is 28.2 Å². The van der Waals surface area contributed by atoms with Gasteiger partial charge in [0.2, 0.25) is 0 Å². The summed E-state index contributed by atoms with van der Waals surface area (Å²) in [6.45, 7) is 5.50. The number of pyridine rings is 1. The van der Waals surface area contributed by atoms with Crippen LogP contribution in [0.4, 0.5) is 5.82 Å². The van der Waals surface area contributed by atoms with E-state index in [-0.39, 0.29) is 12.4 Å². The number of hydrogen-bond donors (Lipinski definition) is 1. The van der Waals surface area contributed by atoms with Crippen LogP contribution >= 0.6 is 12.4 Å². The number of rotatable bonds is 3. The van der Waals surface area contributed by atoms with E-state index in [1.54, 1.807) is 0 Å². The fourth-order valence-electron chi connectivity index (χ4n) is 2.25. The van der Waals surface area contributed by atoms with Crippen LogP contribution in [0.5, 0.6) is 0 Å². The molecule has 3 nitrogen and oxygen atoms in total. The molecule has 1 N–H and O–H groups in total. The Hall–Kier alpha value is -0.800. The van der Waals surface area contributed by atoms with E-state index in [0.717, 1.165) is 24.8 Å². The van der Waals surface area contributed by atoms with E-state index in [9.17, 15) is 0 Å². The average Bonchev–Trinajstić information content (AvgIpc) is 2.31. The first kappa shape index (κ1) is 14.3. The first-order valence-corrected chi connectivity index (χ1v) is 6.10. The van der Waals surface area contributed by atoms with E-state index >= 15 is 0 Å². The Bertz CT molecular complexity index is 320. The van der Waals surface area contributed by atoms with Crippen molar-refractivity contribution in [2.75, 3.05) is 31.6 Å². The number of anilines is 1. The van der Waals surface area contributed by atoms with E-state index < -0.39 is 0 Å². The van der Waals surface area contributed by atoms with Crippen molar-refractivity contribution < 1.29 is 0 Å². The van der Waals surface area contributed by atoms with Gasteiger partial charge in [0.15, 0.2) is 0 Å². The average molecular weight is 256 g/mol. The van der Waals surface area contributed by atoms with Gasteiger partial charge >= 0.3 is 0 Å². The Morgan fingerprint density at radius 1 is 1.47 bits per heavy atom. The highest BCUT2D eigenvalue weighted by Gasteiger charge is 2.15. The highest BCUT2D eigenvalue weighted by atomic mass is 35.5. The molecule has 1 aromatic heterocycles. The minimum absolute atomic E-state index is 0. The molecule has 0 spiro atoms. The van der Waals surface area contributed by atoms with Crippen LogP contribution in [-0.2, 0) is 0 Å². The molecule has 0 saturated carbocycles. The van der Waals surface area contributed by atoms with Crippen molar-refractivity contribution in [2.45, 2.75) is 19.8 Å². The normalized spacial score (nSPS) is 19.5. The van der Waals surface area contributed by atoms with Gasteiger partial charge < -0.3 is 10.2 Å². The molecule has 0 radical (unpaired) electrons. The minimum Gasteiger partial charge on any atom is -0.359 e. The zero-order chi connectivity index (χ0) is 11.4. The number of nitrogens with one attached hydrogen (secondary N) is 1. The molecule has 1 unspecified atom stereocenters. The van der Waals surface area contributed by atoms with Gasteiger partial charge in [-0.05, 0) is 50.4 Å². The zero-order valence-electron chi connectivity index (χ0n) is 10.6. The van der Waals surface area contributed by atoms with Gasteiger partial charge in [-0.1, -0.05) is 6.07 Å². The Labute approximate surface area is 110 Å². The molecule has 96 valence electrons. The maximum atomic E-state index is 4.45. The van der Waals surface area contributed by atoms with Crippen LogP contribution in [0.2, 0.25) is 0 Å². The number of aromatic nitrogens is 1. The lowest BCUT2D eigenvalue weighted by molar-refractivity contribution is 0.380. The third-order valence-electron chi connectivity index (χ3n) is 3.22. The number of hydrogen-bond acceptors (Lipinski definition) is 3. The lowest BCUT2D eigenvalue weighted by Gasteiger charge is -2.28. The number of aryl methyl sites for hydroxylation is 1. The SMILES string of the molecule is Cc1ccc(N(C)CC2CCCNC2)nc1.Cl. The van der Waals surface area contributed by atoms with Gasteiger partial charge in [-0.2, -0.15) is 0 Å². The van der Waals surface area contributed by atoms with Crippen LogP contribution in [0, 0.1) is 12.8 Å². The molecule has 17 heavy (non-hydrogen) atoms. The van der Waals surface area contributed by atoms with Crippen LogP contribution < -0.4 is 10.2 Å². The van der Waals surface area contributed by atoms with Gasteiger partial charge in [-0.15, -0.1) is 12.4 Å². The van der Waals surface area contributed by atoms with Crippen molar-refractivity contribution in [3.05, 3.63) is 23.9 Å². The Morgan fingerprint density at radius 3 is 2.88 bits per heavy atom. The van der Waals surface area contributed by atoms with Crippen molar-refractivity contribution in [1.29, 1.82) is 0 Å². The van der Waals surface area contributed by atoms with E-state index in [4.69, 9.17) is 0 Å². The fourth-order valence-corrected chi connectivity index (χ4v) is 2.25. The van der Waals surface area contributed by atoms with Crippen LogP contribution in [0.25, 0.3) is 0 Å². The summed E-state index contributed by atoms with van der Waals surface area (Å²) in [5, 5.41) is 3.45. The molecule has 1 saturated heterocycles. The number of nitrogens with zero attached hydrogens (tertiary/aromatic N) is 2. The molecule has 2 rings (SSSR count). The van der Waals surface area contributed by atoms with E-state index in [1.807, 2.05) is 6.20 Å². The molecule has 2 heterocycles. The third kappa shape index (κ3) is 4.17. The number of halogens is 1. The lowest BCUT2D eigenvalue weighted by atomic mass is 9.99. The van der Waals surface area contributed by atoms with Crippen molar-refractivity contribution in [1.82, 2.24) is 10.3 Å². The highest BCUT2D eigenvalue weighted by Crippen LogP contribution is 2.15. The second-order valence-corrected chi connectivity index (χ2v) is 4.79. The summed E-state index contributed by atoms with van der Waals surface area (Å²) in [5.74, 6) is 1.85. The third-order valence-corrected chi connectivity index (χ3v) is 3.22.